The third-order valence-electron chi connectivity index (χ3n) is 7.71. The molecule has 0 aliphatic carbocycles. The van der Waals surface area contributed by atoms with Gasteiger partial charge in [0.1, 0.15) is 6.04 Å². The maximum Gasteiger partial charge on any atom is 0.249 e. The quantitative estimate of drug-likeness (QED) is 0.718. The Morgan fingerprint density at radius 1 is 1.00 bits per heavy atom. The summed E-state index contributed by atoms with van der Waals surface area (Å²) < 4.78 is 0. The predicted octanol–water partition coefficient (Wildman–Crippen LogP) is 1.88. The van der Waals surface area contributed by atoms with Gasteiger partial charge in [0.25, 0.3) is 0 Å². The van der Waals surface area contributed by atoms with Crippen molar-refractivity contribution in [1.82, 2.24) is 15.5 Å². The summed E-state index contributed by atoms with van der Waals surface area (Å²) in [6, 6.07) is 6.54. The van der Waals surface area contributed by atoms with Crippen LogP contribution >= 0.6 is 0 Å². The van der Waals surface area contributed by atoms with Gasteiger partial charge in [0.2, 0.25) is 11.8 Å². The number of carbonyl (C=O) groups excluding carboxylic acids is 2. The Morgan fingerprint density at radius 3 is 2.52 bits per heavy atom. The predicted molar refractivity (Wildman–Crippen MR) is 122 cm³/mol. The second-order valence-electron chi connectivity index (χ2n) is 9.79. The summed E-state index contributed by atoms with van der Waals surface area (Å²) in [5, 5.41) is 5.97. The first-order valence-corrected chi connectivity index (χ1v) is 12.0. The number of anilines is 2. The number of likely N-dealkylation sites (tertiary alicyclic amines) is 1. The van der Waals surface area contributed by atoms with Gasteiger partial charge >= 0.3 is 0 Å². The molecular formula is C24H35N5O2. The van der Waals surface area contributed by atoms with Crippen molar-refractivity contribution in [2.45, 2.75) is 50.5 Å². The molecule has 7 heteroatoms. The molecule has 0 radical (unpaired) electrons. The highest BCUT2D eigenvalue weighted by molar-refractivity contribution is 6.02. The van der Waals surface area contributed by atoms with E-state index in [1.807, 2.05) is 0 Å². The molecule has 5 rings (SSSR count). The smallest absolute Gasteiger partial charge is 0.249 e. The van der Waals surface area contributed by atoms with E-state index < -0.39 is 0 Å². The summed E-state index contributed by atoms with van der Waals surface area (Å²) in [6.07, 6.45) is 6.10. The second-order valence-corrected chi connectivity index (χ2v) is 9.79. The lowest BCUT2D eigenvalue weighted by molar-refractivity contribution is -0.134. The molecule has 1 unspecified atom stereocenters. The number of nitrogens with zero attached hydrogens (tertiary/aromatic N) is 3. The van der Waals surface area contributed by atoms with Gasteiger partial charge in [-0.25, -0.2) is 0 Å². The maximum absolute atomic E-state index is 12.4. The van der Waals surface area contributed by atoms with Crippen LogP contribution in [0.3, 0.4) is 0 Å². The topological polar surface area (TPSA) is 67.9 Å². The molecule has 2 N–H and O–H groups in total. The van der Waals surface area contributed by atoms with E-state index in [2.05, 4.69) is 50.6 Å². The number of hydrogen-bond acceptors (Lipinski definition) is 6. The number of nitrogens with one attached hydrogen (secondary N) is 2. The van der Waals surface area contributed by atoms with Gasteiger partial charge in [0, 0.05) is 20.0 Å². The van der Waals surface area contributed by atoms with Crippen LogP contribution in [0, 0.1) is 5.92 Å². The van der Waals surface area contributed by atoms with Crippen LogP contribution in [0.4, 0.5) is 11.4 Å². The van der Waals surface area contributed by atoms with Crippen LogP contribution in [0.1, 0.15) is 50.0 Å². The lowest BCUT2D eigenvalue weighted by atomic mass is 9.88. The van der Waals surface area contributed by atoms with Crippen molar-refractivity contribution >= 4 is 23.2 Å². The number of hydrogen-bond donors (Lipinski definition) is 2. The molecule has 3 saturated heterocycles. The zero-order chi connectivity index (χ0) is 21.4. The zero-order valence-electron chi connectivity index (χ0n) is 18.6. The molecule has 3 fully saturated rings. The van der Waals surface area contributed by atoms with Crippen molar-refractivity contribution in [3.05, 3.63) is 23.8 Å². The summed E-state index contributed by atoms with van der Waals surface area (Å²) in [6.45, 7) is 6.72. The average Bonchev–Trinajstić information content (AvgIpc) is 3.11. The van der Waals surface area contributed by atoms with Gasteiger partial charge in [-0.1, -0.05) is 6.07 Å². The third kappa shape index (κ3) is 4.30. The number of imide groups is 1. The molecular weight excluding hydrogens is 390 g/mol. The number of piperidine rings is 3. The molecule has 31 heavy (non-hydrogen) atoms. The Labute approximate surface area is 185 Å². The molecule has 1 aromatic carbocycles. The van der Waals surface area contributed by atoms with Crippen molar-refractivity contribution in [1.29, 1.82) is 0 Å². The summed E-state index contributed by atoms with van der Waals surface area (Å²) in [4.78, 5) is 31.0. The van der Waals surface area contributed by atoms with Crippen LogP contribution < -0.4 is 20.4 Å². The number of fused-ring (bicyclic) bond motifs is 1. The molecule has 0 aromatic heterocycles. The number of rotatable bonds is 4. The minimum absolute atomic E-state index is 0.157. The number of amides is 2. The summed E-state index contributed by atoms with van der Waals surface area (Å²) in [7, 11) is 2.09. The third-order valence-corrected chi connectivity index (χ3v) is 7.71. The van der Waals surface area contributed by atoms with E-state index in [9.17, 15) is 9.59 Å². The van der Waals surface area contributed by atoms with E-state index >= 15 is 0 Å². The highest BCUT2D eigenvalue weighted by Gasteiger charge is 2.37. The first-order chi connectivity index (χ1) is 15.1. The molecule has 0 saturated carbocycles. The van der Waals surface area contributed by atoms with Crippen LogP contribution in [0.15, 0.2) is 18.2 Å². The molecule has 4 aliphatic rings. The van der Waals surface area contributed by atoms with Gasteiger partial charge in [-0.3, -0.25) is 14.9 Å². The molecule has 0 spiro atoms. The number of carbonyl (C=O) groups is 2. The van der Waals surface area contributed by atoms with Gasteiger partial charge in [-0.05, 0) is 87.8 Å². The standard InChI is InChI=1S/C24H35N5O2/c1-27-16-29(21-4-5-23(30)26-24(21)31)20-3-2-19(14-22(20)27)18-8-12-28(13-9-18)15-17-6-10-25-11-7-17/h2-3,14,17-18,21,25H,4-13,15-16H2,1H3,(H,26,30,31). The first-order valence-electron chi connectivity index (χ1n) is 12.0. The van der Waals surface area contributed by atoms with Crippen LogP contribution in [-0.4, -0.2) is 69.2 Å². The Morgan fingerprint density at radius 2 is 1.77 bits per heavy atom. The lowest BCUT2D eigenvalue weighted by Crippen LogP contribution is -2.53. The van der Waals surface area contributed by atoms with E-state index in [4.69, 9.17) is 0 Å². The van der Waals surface area contributed by atoms with Crippen molar-refractivity contribution in [3.63, 3.8) is 0 Å². The van der Waals surface area contributed by atoms with Crippen molar-refractivity contribution < 1.29 is 9.59 Å². The highest BCUT2D eigenvalue weighted by Crippen LogP contribution is 2.41. The van der Waals surface area contributed by atoms with E-state index in [0.29, 0.717) is 25.4 Å². The monoisotopic (exact) mass is 425 g/mol. The maximum atomic E-state index is 12.4. The van der Waals surface area contributed by atoms with E-state index in [1.54, 1.807) is 0 Å². The van der Waals surface area contributed by atoms with Gasteiger partial charge in [0.15, 0.2) is 0 Å². The van der Waals surface area contributed by atoms with Crippen molar-refractivity contribution in [2.75, 3.05) is 56.2 Å². The van der Waals surface area contributed by atoms with Gasteiger partial charge < -0.3 is 20.0 Å². The van der Waals surface area contributed by atoms with Crippen LogP contribution in [-0.2, 0) is 9.59 Å². The fraction of sp³-hybridized carbons (Fsp3) is 0.667. The molecule has 2 amide bonds. The fourth-order valence-corrected chi connectivity index (χ4v) is 5.85. The summed E-state index contributed by atoms with van der Waals surface area (Å²) in [5.41, 5.74) is 3.75. The largest absolute Gasteiger partial charge is 0.355 e. The Bertz CT molecular complexity index is 829. The minimum atomic E-state index is -0.259. The molecule has 1 aromatic rings. The molecule has 1 atom stereocenters. The molecule has 4 heterocycles. The fourth-order valence-electron chi connectivity index (χ4n) is 5.85. The van der Waals surface area contributed by atoms with Crippen LogP contribution in [0.25, 0.3) is 0 Å². The molecule has 0 bridgehead atoms. The van der Waals surface area contributed by atoms with E-state index in [0.717, 1.165) is 11.6 Å². The highest BCUT2D eigenvalue weighted by atomic mass is 16.2. The summed E-state index contributed by atoms with van der Waals surface area (Å²) >= 11 is 0. The van der Waals surface area contributed by atoms with Crippen molar-refractivity contribution in [3.8, 4) is 0 Å². The van der Waals surface area contributed by atoms with Crippen LogP contribution in [0.5, 0.6) is 0 Å². The zero-order valence-corrected chi connectivity index (χ0v) is 18.6. The average molecular weight is 426 g/mol. The first kappa shape index (κ1) is 20.8. The molecule has 4 aliphatic heterocycles. The molecule has 168 valence electrons. The van der Waals surface area contributed by atoms with E-state index in [1.165, 1.54) is 69.7 Å². The van der Waals surface area contributed by atoms with Gasteiger partial charge in [-0.15, -0.1) is 0 Å². The Balaban J connectivity index is 1.23. The lowest BCUT2D eigenvalue weighted by Gasteiger charge is -2.35. The van der Waals surface area contributed by atoms with E-state index in [-0.39, 0.29) is 17.9 Å². The van der Waals surface area contributed by atoms with Gasteiger partial charge in [-0.2, -0.15) is 0 Å². The Kier molecular flexibility index (Phi) is 5.89. The van der Waals surface area contributed by atoms with Crippen molar-refractivity contribution in [2.24, 2.45) is 5.92 Å². The van der Waals surface area contributed by atoms with Gasteiger partial charge in [0.05, 0.1) is 18.0 Å². The normalized spacial score (nSPS) is 26.3. The second kappa shape index (κ2) is 8.79. The van der Waals surface area contributed by atoms with Crippen LogP contribution in [0.2, 0.25) is 0 Å². The number of benzene rings is 1. The summed E-state index contributed by atoms with van der Waals surface area (Å²) in [5.74, 6) is 1.16. The minimum Gasteiger partial charge on any atom is -0.355 e. The Hall–Kier alpha value is -2.12. The molecule has 7 nitrogen and oxygen atoms in total. The SMILES string of the molecule is CN1CN(C2CCC(=O)NC2=O)c2ccc(C3CCN(CC4CCNCC4)CC3)cc21.